The summed E-state index contributed by atoms with van der Waals surface area (Å²) in [7, 11) is 1.69. The Morgan fingerprint density at radius 1 is 0.466 bits per heavy atom. The number of hydrogen-bond donors (Lipinski definition) is 1. The molecule has 0 saturated heterocycles. The average Bonchev–Trinajstić information content (AvgIpc) is 3.18. The summed E-state index contributed by atoms with van der Waals surface area (Å²) in [5, 5.41) is 0. The minimum absolute atomic E-state index is 0.0942. The summed E-state index contributed by atoms with van der Waals surface area (Å²) in [5.41, 5.74) is 0. The van der Waals surface area contributed by atoms with Crippen LogP contribution in [0.1, 0.15) is 251 Å². The van der Waals surface area contributed by atoms with Crippen LogP contribution in [0, 0.1) is 0 Å². The van der Waals surface area contributed by atoms with Gasteiger partial charge in [0.2, 0.25) is 0 Å². The quantitative estimate of drug-likeness (QED) is 0.0282. The van der Waals surface area contributed by atoms with Crippen LogP contribution in [0.3, 0.4) is 0 Å². The molecule has 0 bridgehead atoms. The van der Waals surface area contributed by atoms with E-state index in [2.05, 4.69) is 13.8 Å². The van der Waals surface area contributed by atoms with E-state index >= 15 is 0 Å². The molecule has 1 N–H and O–H groups in total. The summed E-state index contributed by atoms with van der Waals surface area (Å²) in [5.74, 6) is -0.305. The number of unbranched alkanes of at least 4 members (excludes halogenated alkanes) is 34. The molecule has 0 amide bonds. The van der Waals surface area contributed by atoms with Crippen molar-refractivity contribution in [1.29, 1.82) is 0 Å². The van der Waals surface area contributed by atoms with Crippen LogP contribution in [-0.2, 0) is 27.9 Å². The molecule has 0 rings (SSSR count). The van der Waals surface area contributed by atoms with Crippen LogP contribution in [0.4, 0.5) is 0 Å². The molecule has 0 fully saturated rings. The van der Waals surface area contributed by atoms with E-state index in [1.165, 1.54) is 199 Å². The summed E-state index contributed by atoms with van der Waals surface area (Å²) in [4.78, 5) is 23.0. The molecule has 0 saturated carbocycles. The van der Waals surface area contributed by atoms with Gasteiger partial charge in [-0.3, -0.25) is 13.8 Å². The first-order valence-electron chi connectivity index (χ1n) is 25.3. The smallest absolute Gasteiger partial charge is 0.457 e. The third kappa shape index (κ3) is 46.6. The Kier molecular flexibility index (Phi) is 42.8. The lowest BCUT2D eigenvalue weighted by Gasteiger charge is -2.24. The SMILES string of the molecule is CCCCCCCCCCCCCCCCCCCCOC[C@H](COP(=O)(O)OCC[N+](C)(C)C)OC(=O)CCCCCCCCCCCCCCCCCCCC. The maximum Gasteiger partial charge on any atom is 0.472 e. The highest BCUT2D eigenvalue weighted by Crippen LogP contribution is 2.43. The number of phosphoric acid groups is 1. The molecule has 0 aliphatic heterocycles. The van der Waals surface area contributed by atoms with Crippen molar-refractivity contribution in [3.63, 3.8) is 0 Å². The van der Waals surface area contributed by atoms with Crippen molar-refractivity contribution in [1.82, 2.24) is 0 Å². The molecule has 0 aromatic carbocycles. The lowest BCUT2D eigenvalue weighted by molar-refractivity contribution is -0.870. The molecule has 2 atom stereocenters. The first-order valence-corrected chi connectivity index (χ1v) is 26.8. The van der Waals surface area contributed by atoms with E-state index in [0.29, 0.717) is 24.1 Å². The maximum atomic E-state index is 12.7. The van der Waals surface area contributed by atoms with Gasteiger partial charge < -0.3 is 18.9 Å². The van der Waals surface area contributed by atoms with Crippen LogP contribution >= 0.6 is 7.82 Å². The Hall–Kier alpha value is -0.500. The number of carbonyl (C=O) groups excluding carboxylic acids is 1. The minimum atomic E-state index is -4.27. The number of hydrogen-bond acceptors (Lipinski definition) is 6. The summed E-state index contributed by atoms with van der Waals surface area (Å²) in [6, 6.07) is 0. The lowest BCUT2D eigenvalue weighted by Crippen LogP contribution is -2.37. The van der Waals surface area contributed by atoms with Gasteiger partial charge in [-0.05, 0) is 12.8 Å². The second-order valence-electron chi connectivity index (χ2n) is 18.6. The molecule has 348 valence electrons. The number of carbonyl (C=O) groups is 1. The van der Waals surface area contributed by atoms with Gasteiger partial charge in [0, 0.05) is 13.0 Å². The summed E-state index contributed by atoms with van der Waals surface area (Å²) in [6.45, 7) is 5.70. The lowest BCUT2D eigenvalue weighted by atomic mass is 10.0. The fraction of sp³-hybridized carbons (Fsp3) is 0.980. The van der Waals surface area contributed by atoms with Gasteiger partial charge in [0.05, 0.1) is 34.4 Å². The van der Waals surface area contributed by atoms with E-state index in [9.17, 15) is 14.3 Å². The van der Waals surface area contributed by atoms with Gasteiger partial charge in [0.1, 0.15) is 19.3 Å². The van der Waals surface area contributed by atoms with Crippen molar-refractivity contribution < 1.29 is 37.3 Å². The van der Waals surface area contributed by atoms with Crippen LogP contribution < -0.4 is 0 Å². The van der Waals surface area contributed by atoms with Gasteiger partial charge in [-0.15, -0.1) is 0 Å². The van der Waals surface area contributed by atoms with Crippen molar-refractivity contribution >= 4 is 13.8 Å². The van der Waals surface area contributed by atoms with Crippen molar-refractivity contribution in [3.8, 4) is 0 Å². The molecular formula is C49H101NO7P+. The molecule has 0 radical (unpaired) electrons. The van der Waals surface area contributed by atoms with Gasteiger partial charge in [-0.2, -0.15) is 0 Å². The summed E-state index contributed by atoms with van der Waals surface area (Å²) in [6.07, 6.45) is 47.1. The van der Waals surface area contributed by atoms with E-state index < -0.39 is 13.9 Å². The Labute approximate surface area is 361 Å². The number of phosphoric ester groups is 1. The molecule has 8 nitrogen and oxygen atoms in total. The highest BCUT2D eigenvalue weighted by molar-refractivity contribution is 7.47. The van der Waals surface area contributed by atoms with E-state index in [4.69, 9.17) is 18.5 Å². The number of quaternary nitrogens is 1. The first kappa shape index (κ1) is 57.5. The van der Waals surface area contributed by atoms with Gasteiger partial charge in [-0.1, -0.05) is 232 Å². The number of nitrogens with zero attached hydrogens (tertiary/aromatic N) is 1. The predicted octanol–water partition coefficient (Wildman–Crippen LogP) is 15.2. The standard InChI is InChI=1S/C49H100NO7P/c1-6-8-10-12-14-16-18-20-22-24-26-28-30-32-34-36-38-40-42-49(51)57-48(47-56-58(52,53)55-45-43-50(3,4)5)46-54-44-41-39-37-35-33-31-29-27-25-23-21-19-17-15-13-11-9-7-2/h48H,6-47H2,1-5H3/p+1/t48-/m1/s1. The molecule has 0 heterocycles. The monoisotopic (exact) mass is 847 g/mol. The zero-order valence-electron chi connectivity index (χ0n) is 39.6. The van der Waals surface area contributed by atoms with Crippen molar-refractivity contribution in [2.45, 2.75) is 258 Å². The molecule has 0 aliphatic rings. The molecule has 0 aliphatic carbocycles. The third-order valence-corrected chi connectivity index (χ3v) is 12.4. The highest BCUT2D eigenvalue weighted by Gasteiger charge is 2.26. The maximum absolute atomic E-state index is 12.7. The second-order valence-corrected chi connectivity index (χ2v) is 20.0. The first-order chi connectivity index (χ1) is 28.1. The Morgan fingerprint density at radius 2 is 0.793 bits per heavy atom. The highest BCUT2D eigenvalue weighted by atomic mass is 31.2. The molecule has 0 aromatic heterocycles. The third-order valence-electron chi connectivity index (χ3n) is 11.4. The molecular weight excluding hydrogens is 746 g/mol. The van der Waals surface area contributed by atoms with Crippen molar-refractivity contribution in [3.05, 3.63) is 0 Å². The van der Waals surface area contributed by atoms with Crippen LogP contribution in [0.5, 0.6) is 0 Å². The van der Waals surface area contributed by atoms with Crippen LogP contribution in [0.2, 0.25) is 0 Å². The summed E-state index contributed by atoms with van der Waals surface area (Å²) >= 11 is 0. The van der Waals surface area contributed by atoms with Crippen molar-refractivity contribution in [2.75, 3.05) is 54.1 Å². The number of rotatable bonds is 48. The van der Waals surface area contributed by atoms with Crippen molar-refractivity contribution in [2.24, 2.45) is 0 Å². The largest absolute Gasteiger partial charge is 0.472 e. The van der Waals surface area contributed by atoms with Gasteiger partial charge in [0.25, 0.3) is 0 Å². The molecule has 1 unspecified atom stereocenters. The van der Waals surface area contributed by atoms with Crippen LogP contribution in [0.25, 0.3) is 0 Å². The Morgan fingerprint density at radius 3 is 1.14 bits per heavy atom. The second kappa shape index (κ2) is 43.2. The molecule has 58 heavy (non-hydrogen) atoms. The van der Waals surface area contributed by atoms with Crippen LogP contribution in [-0.4, -0.2) is 75.6 Å². The molecule has 0 aromatic rings. The van der Waals surface area contributed by atoms with E-state index in [0.717, 1.165) is 32.1 Å². The number of ether oxygens (including phenoxy) is 2. The number of likely N-dealkylation sites (N-methyl/N-ethyl adjacent to an activating group) is 1. The van der Waals surface area contributed by atoms with E-state index in [-0.39, 0.29) is 25.8 Å². The number of esters is 1. The average molecular weight is 847 g/mol. The van der Waals surface area contributed by atoms with Gasteiger partial charge in [-0.25, -0.2) is 4.57 Å². The fourth-order valence-electron chi connectivity index (χ4n) is 7.50. The topological polar surface area (TPSA) is 91.3 Å². The predicted molar refractivity (Wildman–Crippen MR) is 248 cm³/mol. The van der Waals surface area contributed by atoms with Crippen LogP contribution in [0.15, 0.2) is 0 Å². The van der Waals surface area contributed by atoms with Gasteiger partial charge >= 0.3 is 13.8 Å². The zero-order valence-corrected chi connectivity index (χ0v) is 40.5. The van der Waals surface area contributed by atoms with Gasteiger partial charge in [0.15, 0.2) is 0 Å². The normalized spacial score (nSPS) is 13.6. The zero-order chi connectivity index (χ0) is 42.7. The van der Waals surface area contributed by atoms with E-state index in [1.54, 1.807) is 0 Å². The summed E-state index contributed by atoms with van der Waals surface area (Å²) < 4.78 is 35.2. The molecule has 0 spiro atoms. The minimum Gasteiger partial charge on any atom is -0.457 e. The Balaban J connectivity index is 4.10. The fourth-order valence-corrected chi connectivity index (χ4v) is 8.24. The molecule has 9 heteroatoms. The van der Waals surface area contributed by atoms with E-state index in [1.807, 2.05) is 21.1 Å². The Bertz CT molecular complexity index is 899.